The van der Waals surface area contributed by atoms with E-state index in [4.69, 9.17) is 0 Å². The fourth-order valence-corrected chi connectivity index (χ4v) is 2.47. The maximum absolute atomic E-state index is 10.9. The third kappa shape index (κ3) is 2.02. The molecule has 0 aliphatic heterocycles. The Labute approximate surface area is 117 Å². The molecule has 1 aromatic heterocycles. The van der Waals surface area contributed by atoms with Gasteiger partial charge in [-0.05, 0) is 42.3 Å². The fraction of sp³-hybridized carbons (Fsp3) is 0.118. The molecule has 0 amide bonds. The van der Waals surface area contributed by atoms with Gasteiger partial charge in [0.2, 0.25) is 0 Å². The minimum absolute atomic E-state index is 0.184. The Balaban J connectivity index is 2.20. The average Bonchev–Trinajstić information content (AvgIpc) is 2.47. The van der Waals surface area contributed by atoms with Gasteiger partial charge in [0.15, 0.2) is 0 Å². The van der Waals surface area contributed by atoms with Crippen molar-refractivity contribution in [3.63, 3.8) is 0 Å². The van der Waals surface area contributed by atoms with Crippen molar-refractivity contribution in [1.29, 1.82) is 0 Å². The number of fused-ring (bicyclic) bond motifs is 1. The summed E-state index contributed by atoms with van der Waals surface area (Å²) in [5.41, 5.74) is 1.24. The minimum Gasteiger partial charge on any atom is -0.508 e. The van der Waals surface area contributed by atoms with E-state index < -0.39 is 5.60 Å². The number of rotatable bonds is 2. The zero-order valence-electron chi connectivity index (χ0n) is 11.1. The Morgan fingerprint density at radius 2 is 1.70 bits per heavy atom. The molecule has 0 saturated heterocycles. The summed E-state index contributed by atoms with van der Waals surface area (Å²) in [6.45, 7) is 1.75. The van der Waals surface area contributed by atoms with E-state index in [0.717, 1.165) is 22.0 Å². The summed E-state index contributed by atoms with van der Waals surface area (Å²) >= 11 is 0. The molecule has 0 fully saturated rings. The zero-order chi connectivity index (χ0) is 14.2. The topological polar surface area (TPSA) is 53.4 Å². The van der Waals surface area contributed by atoms with Crippen LogP contribution in [-0.4, -0.2) is 15.2 Å². The molecule has 0 radical (unpaired) electrons. The third-order valence-corrected chi connectivity index (χ3v) is 3.60. The van der Waals surface area contributed by atoms with Gasteiger partial charge in [-0.1, -0.05) is 30.3 Å². The molecule has 1 unspecified atom stereocenters. The van der Waals surface area contributed by atoms with E-state index in [0.29, 0.717) is 0 Å². The first kappa shape index (κ1) is 12.6. The van der Waals surface area contributed by atoms with Crippen LogP contribution >= 0.6 is 0 Å². The van der Waals surface area contributed by atoms with E-state index >= 15 is 0 Å². The van der Waals surface area contributed by atoms with E-state index in [9.17, 15) is 10.2 Å². The highest BCUT2D eigenvalue weighted by Crippen LogP contribution is 2.34. The first-order valence-electron chi connectivity index (χ1n) is 6.45. The van der Waals surface area contributed by atoms with Crippen LogP contribution in [0.25, 0.3) is 10.9 Å². The van der Waals surface area contributed by atoms with Crippen molar-refractivity contribution in [1.82, 2.24) is 4.98 Å². The summed E-state index contributed by atoms with van der Waals surface area (Å²) in [5, 5.41) is 21.2. The molecule has 0 saturated carbocycles. The van der Waals surface area contributed by atoms with Gasteiger partial charge in [0, 0.05) is 11.6 Å². The number of aliphatic hydroxyl groups is 1. The Hall–Kier alpha value is -2.39. The first-order valence-corrected chi connectivity index (χ1v) is 6.45. The van der Waals surface area contributed by atoms with E-state index in [1.54, 1.807) is 37.4 Å². The second-order valence-electron chi connectivity index (χ2n) is 4.99. The summed E-state index contributed by atoms with van der Waals surface area (Å²) in [7, 11) is 0. The lowest BCUT2D eigenvalue weighted by Gasteiger charge is -2.26. The maximum atomic E-state index is 10.9. The summed E-state index contributed by atoms with van der Waals surface area (Å²) in [5.74, 6) is 0.184. The van der Waals surface area contributed by atoms with Gasteiger partial charge < -0.3 is 10.2 Å². The second kappa shape index (κ2) is 4.62. The highest BCUT2D eigenvalue weighted by atomic mass is 16.3. The molecule has 2 N–H and O–H groups in total. The van der Waals surface area contributed by atoms with Crippen molar-refractivity contribution >= 4 is 10.9 Å². The summed E-state index contributed by atoms with van der Waals surface area (Å²) in [6.07, 6.45) is 1.74. The van der Waals surface area contributed by atoms with Crippen molar-refractivity contribution in [2.24, 2.45) is 0 Å². The van der Waals surface area contributed by atoms with Crippen molar-refractivity contribution in [3.8, 4) is 5.75 Å². The van der Waals surface area contributed by atoms with Crippen molar-refractivity contribution < 1.29 is 10.2 Å². The van der Waals surface area contributed by atoms with Gasteiger partial charge in [-0.3, -0.25) is 4.98 Å². The van der Waals surface area contributed by atoms with E-state index in [-0.39, 0.29) is 5.75 Å². The number of aromatic nitrogens is 1. The van der Waals surface area contributed by atoms with Crippen LogP contribution in [0, 0.1) is 0 Å². The molecule has 0 bridgehead atoms. The summed E-state index contributed by atoms with van der Waals surface area (Å²) < 4.78 is 0. The van der Waals surface area contributed by atoms with Crippen LogP contribution in [0.15, 0.2) is 60.8 Å². The molecule has 0 aliphatic rings. The van der Waals surface area contributed by atoms with Gasteiger partial charge in [0.25, 0.3) is 0 Å². The van der Waals surface area contributed by atoms with Crippen LogP contribution in [0.2, 0.25) is 0 Å². The van der Waals surface area contributed by atoms with Crippen LogP contribution in [0.5, 0.6) is 5.75 Å². The lowest BCUT2D eigenvalue weighted by molar-refractivity contribution is 0.104. The van der Waals surface area contributed by atoms with Crippen molar-refractivity contribution in [3.05, 3.63) is 71.9 Å². The molecule has 3 rings (SSSR count). The Morgan fingerprint density at radius 3 is 2.45 bits per heavy atom. The van der Waals surface area contributed by atoms with Crippen LogP contribution in [0.4, 0.5) is 0 Å². The Morgan fingerprint density at radius 1 is 0.950 bits per heavy atom. The smallest absolute Gasteiger partial charge is 0.115 e. The number of pyridine rings is 1. The molecule has 0 spiro atoms. The highest BCUT2D eigenvalue weighted by Gasteiger charge is 2.27. The monoisotopic (exact) mass is 265 g/mol. The van der Waals surface area contributed by atoms with Crippen molar-refractivity contribution in [2.75, 3.05) is 0 Å². The van der Waals surface area contributed by atoms with Gasteiger partial charge >= 0.3 is 0 Å². The van der Waals surface area contributed by atoms with Crippen LogP contribution in [0.1, 0.15) is 18.1 Å². The fourth-order valence-electron chi connectivity index (χ4n) is 2.47. The highest BCUT2D eigenvalue weighted by molar-refractivity contribution is 5.83. The average molecular weight is 265 g/mol. The Bertz CT molecular complexity index is 743. The van der Waals surface area contributed by atoms with E-state index in [1.807, 2.05) is 30.3 Å². The van der Waals surface area contributed by atoms with Gasteiger partial charge in [0.1, 0.15) is 11.4 Å². The summed E-state index contributed by atoms with van der Waals surface area (Å²) in [6, 6.07) is 16.1. The lowest BCUT2D eigenvalue weighted by Crippen LogP contribution is -2.23. The number of phenolic OH excluding ortho intramolecular Hbond substituents is 1. The number of hydrogen-bond acceptors (Lipinski definition) is 3. The molecule has 3 aromatic rings. The van der Waals surface area contributed by atoms with Crippen LogP contribution < -0.4 is 0 Å². The van der Waals surface area contributed by atoms with Crippen LogP contribution in [0.3, 0.4) is 0 Å². The third-order valence-electron chi connectivity index (χ3n) is 3.60. The molecule has 100 valence electrons. The molecular weight excluding hydrogens is 250 g/mol. The molecule has 0 aliphatic carbocycles. The van der Waals surface area contributed by atoms with Gasteiger partial charge in [0.05, 0.1) is 5.52 Å². The molecule has 3 nitrogen and oxygen atoms in total. The van der Waals surface area contributed by atoms with Gasteiger partial charge in [-0.25, -0.2) is 0 Å². The second-order valence-corrected chi connectivity index (χ2v) is 4.99. The predicted molar refractivity (Wildman–Crippen MR) is 78.5 cm³/mol. The lowest BCUT2D eigenvalue weighted by atomic mass is 9.86. The molecule has 1 heterocycles. The molecule has 1 atom stereocenters. The largest absolute Gasteiger partial charge is 0.508 e. The van der Waals surface area contributed by atoms with E-state index in [1.165, 1.54) is 0 Å². The number of phenols is 1. The summed E-state index contributed by atoms with van der Waals surface area (Å²) in [4.78, 5) is 4.31. The number of benzene rings is 2. The predicted octanol–water partition coefficient (Wildman–Crippen LogP) is 3.20. The molecule has 2 aromatic carbocycles. The van der Waals surface area contributed by atoms with E-state index in [2.05, 4.69) is 4.98 Å². The number of hydrogen-bond donors (Lipinski definition) is 2. The number of aromatic hydroxyl groups is 1. The Kier molecular flexibility index (Phi) is 2.92. The minimum atomic E-state index is -1.14. The van der Waals surface area contributed by atoms with Crippen LogP contribution in [-0.2, 0) is 5.60 Å². The van der Waals surface area contributed by atoms with Gasteiger partial charge in [-0.2, -0.15) is 0 Å². The van der Waals surface area contributed by atoms with Gasteiger partial charge in [-0.15, -0.1) is 0 Å². The first-order chi connectivity index (χ1) is 9.59. The SMILES string of the molecule is CC(O)(c1ccc(O)cc1)c1cccc2ncccc12. The molecule has 20 heavy (non-hydrogen) atoms. The standard InChI is InChI=1S/C17H15NO2/c1-17(20,12-7-9-13(19)10-8-12)15-5-2-6-16-14(15)4-3-11-18-16/h2-11,19-20H,1H3. The molecule has 3 heteroatoms. The quantitative estimate of drug-likeness (QED) is 0.748. The van der Waals surface area contributed by atoms with Crippen molar-refractivity contribution in [2.45, 2.75) is 12.5 Å². The number of nitrogens with zero attached hydrogens (tertiary/aromatic N) is 1. The maximum Gasteiger partial charge on any atom is 0.115 e. The molecular formula is C17H15NO2. The zero-order valence-corrected chi connectivity index (χ0v) is 11.1. The normalized spacial score (nSPS) is 14.1.